The Morgan fingerprint density at radius 3 is 1.70 bits per heavy atom. The maximum Gasteiger partial charge on any atom is 0.222 e. The lowest BCUT2D eigenvalue weighted by molar-refractivity contribution is -0.124. The number of carbonyl (C=O) groups is 1. The third-order valence-electron chi connectivity index (χ3n) is 4.30. The second-order valence-corrected chi connectivity index (χ2v) is 7.98. The van der Waals surface area contributed by atoms with Crippen molar-refractivity contribution in [2.45, 2.75) is 59.7 Å². The van der Waals surface area contributed by atoms with Crippen LogP contribution in [0.25, 0.3) is 0 Å². The van der Waals surface area contributed by atoms with Crippen molar-refractivity contribution in [3.8, 4) is 0 Å². The molecule has 0 aromatic heterocycles. The standard InChI is InChI=1S/C22H44FNO6/c1-18(2)7-6-8-26-9-10-27-11-12-28-13-14-29-15-16-30-20(5)21(23)17-24-22(25)19(3)4/h18-21H,6-17H2,1-5H3,(H,24,25). The topological polar surface area (TPSA) is 75.2 Å². The van der Waals surface area contributed by atoms with Gasteiger partial charge in [-0.05, 0) is 25.7 Å². The number of ether oxygens (including phenoxy) is 5. The predicted molar refractivity (Wildman–Crippen MR) is 116 cm³/mol. The van der Waals surface area contributed by atoms with Gasteiger partial charge in [0, 0.05) is 12.5 Å². The molecule has 0 heterocycles. The molecule has 0 aliphatic rings. The van der Waals surface area contributed by atoms with Gasteiger partial charge in [-0.2, -0.15) is 0 Å². The molecule has 0 aliphatic heterocycles. The highest BCUT2D eigenvalue weighted by atomic mass is 19.1. The number of nitrogens with one attached hydrogen (secondary N) is 1. The summed E-state index contributed by atoms with van der Waals surface area (Å²) >= 11 is 0. The lowest BCUT2D eigenvalue weighted by Gasteiger charge is -2.18. The summed E-state index contributed by atoms with van der Waals surface area (Å²) in [6, 6.07) is 0. The van der Waals surface area contributed by atoms with E-state index in [0.29, 0.717) is 52.9 Å². The molecule has 0 aliphatic carbocycles. The number of hydrogen-bond donors (Lipinski definition) is 1. The van der Waals surface area contributed by atoms with Gasteiger partial charge in [0.15, 0.2) is 0 Å². The molecule has 0 spiro atoms. The normalized spacial score (nSPS) is 13.7. The molecule has 0 radical (unpaired) electrons. The maximum absolute atomic E-state index is 13.9. The summed E-state index contributed by atoms with van der Waals surface area (Å²) in [5.74, 6) is 0.401. The third kappa shape index (κ3) is 19.2. The molecular weight excluding hydrogens is 393 g/mol. The van der Waals surface area contributed by atoms with E-state index in [-0.39, 0.29) is 18.4 Å². The van der Waals surface area contributed by atoms with Gasteiger partial charge in [-0.25, -0.2) is 4.39 Å². The van der Waals surface area contributed by atoms with Crippen LogP contribution in [0, 0.1) is 11.8 Å². The first kappa shape index (κ1) is 29.2. The zero-order valence-corrected chi connectivity index (χ0v) is 19.6. The van der Waals surface area contributed by atoms with Gasteiger partial charge in [-0.15, -0.1) is 0 Å². The van der Waals surface area contributed by atoms with E-state index >= 15 is 0 Å². The largest absolute Gasteiger partial charge is 0.379 e. The average Bonchev–Trinajstić information content (AvgIpc) is 2.70. The molecule has 0 saturated carbocycles. The zero-order valence-electron chi connectivity index (χ0n) is 19.6. The van der Waals surface area contributed by atoms with Gasteiger partial charge in [0.25, 0.3) is 0 Å². The first-order valence-corrected chi connectivity index (χ1v) is 11.2. The maximum atomic E-state index is 13.9. The highest BCUT2D eigenvalue weighted by Crippen LogP contribution is 2.04. The molecule has 0 fully saturated rings. The van der Waals surface area contributed by atoms with Crippen molar-refractivity contribution in [1.29, 1.82) is 0 Å². The smallest absolute Gasteiger partial charge is 0.222 e. The van der Waals surface area contributed by atoms with E-state index in [1.165, 1.54) is 6.42 Å². The van der Waals surface area contributed by atoms with E-state index in [4.69, 9.17) is 23.7 Å². The Hall–Kier alpha value is -0.800. The summed E-state index contributed by atoms with van der Waals surface area (Å²) in [4.78, 5) is 11.4. The monoisotopic (exact) mass is 437 g/mol. The highest BCUT2D eigenvalue weighted by Gasteiger charge is 2.18. The molecule has 2 atom stereocenters. The quantitative estimate of drug-likeness (QED) is 0.278. The molecule has 180 valence electrons. The fourth-order valence-electron chi connectivity index (χ4n) is 2.32. The molecule has 0 bridgehead atoms. The van der Waals surface area contributed by atoms with Crippen LogP contribution in [0.5, 0.6) is 0 Å². The minimum Gasteiger partial charge on any atom is -0.379 e. The minimum atomic E-state index is -1.25. The molecule has 1 amide bonds. The van der Waals surface area contributed by atoms with Crippen LogP contribution < -0.4 is 5.32 Å². The summed E-state index contributed by atoms with van der Waals surface area (Å²) in [7, 11) is 0. The molecule has 1 N–H and O–H groups in total. The Balaban J connectivity index is 3.31. The highest BCUT2D eigenvalue weighted by molar-refractivity contribution is 5.77. The van der Waals surface area contributed by atoms with Crippen LogP contribution in [-0.2, 0) is 28.5 Å². The lowest BCUT2D eigenvalue weighted by Crippen LogP contribution is -2.38. The number of alkyl halides is 1. The van der Waals surface area contributed by atoms with Gasteiger partial charge in [-0.1, -0.05) is 27.7 Å². The summed E-state index contributed by atoms with van der Waals surface area (Å²) < 4.78 is 41.0. The fourth-order valence-corrected chi connectivity index (χ4v) is 2.32. The second kappa shape index (κ2) is 20.1. The molecule has 2 unspecified atom stereocenters. The molecule has 0 aromatic rings. The van der Waals surface area contributed by atoms with Gasteiger partial charge in [-0.3, -0.25) is 4.79 Å². The zero-order chi connectivity index (χ0) is 22.6. The van der Waals surface area contributed by atoms with Crippen LogP contribution in [0.2, 0.25) is 0 Å². The SMILES string of the molecule is CC(C)CCCOCCOCCOCCOCCOC(C)C(F)CNC(=O)C(C)C. The van der Waals surface area contributed by atoms with E-state index in [9.17, 15) is 9.18 Å². The Morgan fingerprint density at radius 2 is 1.23 bits per heavy atom. The fraction of sp³-hybridized carbons (Fsp3) is 0.955. The molecular formula is C22H44FNO6. The predicted octanol–water partition coefficient (Wildman–Crippen LogP) is 3.00. The van der Waals surface area contributed by atoms with E-state index in [2.05, 4.69) is 19.2 Å². The molecule has 7 nitrogen and oxygen atoms in total. The Bertz CT molecular complexity index is 398. The average molecular weight is 438 g/mol. The summed E-state index contributed by atoms with van der Waals surface area (Å²) in [5, 5.41) is 2.56. The summed E-state index contributed by atoms with van der Waals surface area (Å²) in [5.41, 5.74) is 0. The Labute approximate surface area is 182 Å². The molecule has 0 aromatic carbocycles. The number of halogens is 1. The van der Waals surface area contributed by atoms with Crippen LogP contribution in [0.15, 0.2) is 0 Å². The van der Waals surface area contributed by atoms with Gasteiger partial charge >= 0.3 is 0 Å². The number of amides is 1. The van der Waals surface area contributed by atoms with Gasteiger partial charge in [0.1, 0.15) is 6.17 Å². The van der Waals surface area contributed by atoms with E-state index in [1.807, 2.05) is 0 Å². The van der Waals surface area contributed by atoms with Crippen molar-refractivity contribution in [2.24, 2.45) is 11.8 Å². The van der Waals surface area contributed by atoms with Gasteiger partial charge in [0.05, 0.1) is 65.5 Å². The second-order valence-electron chi connectivity index (χ2n) is 7.98. The number of rotatable bonds is 21. The van der Waals surface area contributed by atoms with Crippen molar-refractivity contribution in [3.05, 3.63) is 0 Å². The number of carbonyl (C=O) groups excluding carboxylic acids is 1. The van der Waals surface area contributed by atoms with Crippen LogP contribution >= 0.6 is 0 Å². The van der Waals surface area contributed by atoms with E-state index < -0.39 is 12.3 Å². The van der Waals surface area contributed by atoms with Crippen molar-refractivity contribution < 1.29 is 32.9 Å². The summed E-state index contributed by atoms with van der Waals surface area (Å²) in [6.07, 6.45) is 0.432. The van der Waals surface area contributed by atoms with Crippen LogP contribution in [0.4, 0.5) is 4.39 Å². The van der Waals surface area contributed by atoms with Crippen LogP contribution in [-0.4, -0.2) is 84.2 Å². The van der Waals surface area contributed by atoms with Crippen molar-refractivity contribution in [2.75, 3.05) is 66.0 Å². The van der Waals surface area contributed by atoms with E-state index in [0.717, 1.165) is 18.9 Å². The van der Waals surface area contributed by atoms with Gasteiger partial charge < -0.3 is 29.0 Å². The Kier molecular flexibility index (Phi) is 19.6. The van der Waals surface area contributed by atoms with E-state index in [1.54, 1.807) is 20.8 Å². The molecule has 8 heteroatoms. The lowest BCUT2D eigenvalue weighted by atomic mass is 10.1. The summed E-state index contributed by atoms with van der Waals surface area (Å²) in [6.45, 7) is 14.1. The molecule has 30 heavy (non-hydrogen) atoms. The van der Waals surface area contributed by atoms with Crippen molar-refractivity contribution >= 4 is 5.91 Å². The Morgan fingerprint density at radius 1 is 0.767 bits per heavy atom. The third-order valence-corrected chi connectivity index (χ3v) is 4.30. The van der Waals surface area contributed by atoms with Crippen LogP contribution in [0.3, 0.4) is 0 Å². The minimum absolute atomic E-state index is 0.0425. The van der Waals surface area contributed by atoms with Crippen LogP contribution in [0.1, 0.15) is 47.5 Å². The van der Waals surface area contributed by atoms with Crippen molar-refractivity contribution in [1.82, 2.24) is 5.32 Å². The van der Waals surface area contributed by atoms with Gasteiger partial charge in [0.2, 0.25) is 5.91 Å². The first-order chi connectivity index (χ1) is 14.3. The number of hydrogen-bond acceptors (Lipinski definition) is 6. The molecule has 0 rings (SSSR count). The van der Waals surface area contributed by atoms with Crippen molar-refractivity contribution in [3.63, 3.8) is 0 Å². The molecule has 0 saturated heterocycles. The first-order valence-electron chi connectivity index (χ1n) is 11.2.